The molecule has 0 amide bonds. The fraction of sp³-hybridized carbons (Fsp3) is 1.00. The van der Waals surface area contributed by atoms with Gasteiger partial charge >= 0.3 is 0 Å². The van der Waals surface area contributed by atoms with Crippen molar-refractivity contribution in [1.82, 2.24) is 0 Å². The summed E-state index contributed by atoms with van der Waals surface area (Å²) in [6, 6.07) is 0. The smallest absolute Gasteiger partial charge is 0.0249 e. The van der Waals surface area contributed by atoms with Crippen LogP contribution in [0, 0.1) is 5.92 Å². The Kier molecular flexibility index (Phi) is 3.65. The van der Waals surface area contributed by atoms with Crippen molar-refractivity contribution in [2.45, 2.75) is 20.3 Å². The van der Waals surface area contributed by atoms with E-state index < -0.39 is 0 Å². The summed E-state index contributed by atoms with van der Waals surface area (Å²) >= 11 is 5.45. The number of halogens is 1. The molecule has 0 nitrogen and oxygen atoms in total. The van der Waals surface area contributed by atoms with Gasteiger partial charge in [0.2, 0.25) is 0 Å². The van der Waals surface area contributed by atoms with Gasteiger partial charge in [0.05, 0.1) is 0 Å². The lowest BCUT2D eigenvalue weighted by molar-refractivity contribution is 0.633. The van der Waals surface area contributed by atoms with Crippen LogP contribution in [-0.4, -0.2) is 5.88 Å². The summed E-state index contributed by atoms with van der Waals surface area (Å²) < 4.78 is 0. The highest BCUT2D eigenvalue weighted by molar-refractivity contribution is 6.18. The van der Waals surface area contributed by atoms with Crippen LogP contribution in [0.3, 0.4) is 0 Å². The summed E-state index contributed by atoms with van der Waals surface area (Å²) in [4.78, 5) is 0. The molecular weight excluding hydrogens is 95.5 g/mol. The fourth-order valence-electron chi connectivity index (χ4n) is 0.109. The molecule has 0 heterocycles. The number of alkyl halides is 1. The summed E-state index contributed by atoms with van der Waals surface area (Å²) in [7, 11) is 0. The highest BCUT2D eigenvalue weighted by Crippen LogP contribution is 2.00. The lowest BCUT2D eigenvalue weighted by Gasteiger charge is -1.97. The number of hydrogen-bond donors (Lipinski definition) is 0. The van der Waals surface area contributed by atoms with Crippen LogP contribution < -0.4 is 0 Å². The van der Waals surface area contributed by atoms with E-state index in [2.05, 4.69) is 13.8 Å². The number of rotatable bonds is 2. The molecule has 1 atom stereocenters. The molecular formula is C5H11Cl. The molecule has 0 aliphatic carbocycles. The summed E-state index contributed by atoms with van der Waals surface area (Å²) in [6.07, 6.45) is 1.20. The third-order valence-electron chi connectivity index (χ3n) is 0.960. The zero-order valence-electron chi connectivity index (χ0n) is 4.37. The molecule has 0 bridgehead atoms. The van der Waals surface area contributed by atoms with E-state index in [1.54, 1.807) is 0 Å². The van der Waals surface area contributed by atoms with Gasteiger partial charge < -0.3 is 0 Å². The predicted molar refractivity (Wildman–Crippen MR) is 30.2 cm³/mol. The van der Waals surface area contributed by atoms with Crippen LogP contribution in [0.4, 0.5) is 0 Å². The summed E-state index contributed by atoms with van der Waals surface area (Å²) in [6.45, 7) is 4.29. The standard InChI is InChI=1S/C5H11Cl/c1-3-5(2)4-6/h5H,3-4H2,1-2H3. The van der Waals surface area contributed by atoms with Crippen LogP contribution in [0.15, 0.2) is 0 Å². The van der Waals surface area contributed by atoms with Crippen molar-refractivity contribution in [3.05, 3.63) is 0 Å². The summed E-state index contributed by atoms with van der Waals surface area (Å²) in [5.41, 5.74) is 0. The molecule has 0 saturated carbocycles. The van der Waals surface area contributed by atoms with Crippen molar-refractivity contribution in [3.63, 3.8) is 0 Å². The average Bonchev–Trinajstić information content (AvgIpc) is 1.65. The second-order valence-corrected chi connectivity index (χ2v) is 1.98. The Morgan fingerprint density at radius 1 is 1.67 bits per heavy atom. The highest BCUT2D eigenvalue weighted by atomic mass is 35.5. The molecule has 0 aromatic carbocycles. The molecule has 38 valence electrons. The maximum absolute atomic E-state index is 5.45. The van der Waals surface area contributed by atoms with Crippen molar-refractivity contribution in [1.29, 1.82) is 0 Å². The van der Waals surface area contributed by atoms with Crippen LogP contribution in [0.2, 0.25) is 0 Å². The minimum atomic E-state index is 0.701. The van der Waals surface area contributed by atoms with Crippen LogP contribution in [0.5, 0.6) is 0 Å². The van der Waals surface area contributed by atoms with Gasteiger partial charge in [-0.1, -0.05) is 20.3 Å². The topological polar surface area (TPSA) is 0 Å². The fourth-order valence-corrected chi connectivity index (χ4v) is 0.327. The lowest BCUT2D eigenvalue weighted by Crippen LogP contribution is -1.90. The molecule has 0 aliphatic rings. The maximum Gasteiger partial charge on any atom is 0.0249 e. The van der Waals surface area contributed by atoms with Crippen molar-refractivity contribution >= 4 is 11.6 Å². The Labute approximate surface area is 44.5 Å². The SMILES string of the molecule is CCC(C)CCl. The van der Waals surface area contributed by atoms with Gasteiger partial charge in [-0.3, -0.25) is 0 Å². The van der Waals surface area contributed by atoms with Crippen molar-refractivity contribution in [2.75, 3.05) is 5.88 Å². The minimum absolute atomic E-state index is 0.701. The third kappa shape index (κ3) is 2.52. The Morgan fingerprint density at radius 3 is 2.17 bits per heavy atom. The van der Waals surface area contributed by atoms with Crippen LogP contribution in [-0.2, 0) is 0 Å². The minimum Gasteiger partial charge on any atom is -0.126 e. The van der Waals surface area contributed by atoms with E-state index in [9.17, 15) is 0 Å². The Balaban J connectivity index is 2.75. The van der Waals surface area contributed by atoms with E-state index in [1.165, 1.54) is 6.42 Å². The van der Waals surface area contributed by atoms with E-state index >= 15 is 0 Å². The van der Waals surface area contributed by atoms with Gasteiger partial charge in [-0.05, 0) is 5.92 Å². The molecule has 1 unspecified atom stereocenters. The van der Waals surface area contributed by atoms with E-state index in [-0.39, 0.29) is 0 Å². The first-order chi connectivity index (χ1) is 2.81. The first kappa shape index (κ1) is 6.29. The zero-order valence-corrected chi connectivity index (χ0v) is 5.13. The second-order valence-electron chi connectivity index (χ2n) is 1.67. The zero-order chi connectivity index (χ0) is 4.99. The molecule has 0 rings (SSSR count). The average molecular weight is 107 g/mol. The molecule has 0 fully saturated rings. The normalized spacial score (nSPS) is 14.5. The number of hydrogen-bond acceptors (Lipinski definition) is 0. The molecule has 1 heteroatoms. The van der Waals surface area contributed by atoms with Crippen molar-refractivity contribution in [3.8, 4) is 0 Å². The highest BCUT2D eigenvalue weighted by Gasteiger charge is 1.90. The molecule has 0 saturated heterocycles. The van der Waals surface area contributed by atoms with Crippen LogP contribution >= 0.6 is 11.6 Å². The van der Waals surface area contributed by atoms with E-state index in [0.717, 1.165) is 5.88 Å². The Bertz CT molecular complexity index is 23.1. The third-order valence-corrected chi connectivity index (χ3v) is 1.49. The van der Waals surface area contributed by atoms with E-state index in [1.807, 2.05) is 0 Å². The maximum atomic E-state index is 5.45. The molecule has 0 N–H and O–H groups in total. The van der Waals surface area contributed by atoms with Gasteiger partial charge in [-0.2, -0.15) is 0 Å². The van der Waals surface area contributed by atoms with E-state index in [4.69, 9.17) is 11.6 Å². The largest absolute Gasteiger partial charge is 0.126 e. The molecule has 0 spiro atoms. The van der Waals surface area contributed by atoms with Crippen molar-refractivity contribution < 1.29 is 0 Å². The van der Waals surface area contributed by atoms with E-state index in [0.29, 0.717) is 5.92 Å². The molecule has 6 heavy (non-hydrogen) atoms. The monoisotopic (exact) mass is 106 g/mol. The predicted octanol–water partition coefficient (Wildman–Crippen LogP) is 2.27. The summed E-state index contributed by atoms with van der Waals surface area (Å²) in [5.74, 6) is 1.50. The van der Waals surface area contributed by atoms with Gasteiger partial charge in [0.1, 0.15) is 0 Å². The van der Waals surface area contributed by atoms with Gasteiger partial charge in [0.15, 0.2) is 0 Å². The van der Waals surface area contributed by atoms with Crippen molar-refractivity contribution in [2.24, 2.45) is 5.92 Å². The van der Waals surface area contributed by atoms with Gasteiger partial charge in [-0.15, -0.1) is 11.6 Å². The van der Waals surface area contributed by atoms with Gasteiger partial charge in [0, 0.05) is 5.88 Å². The Hall–Kier alpha value is 0.290. The lowest BCUT2D eigenvalue weighted by atomic mass is 10.2. The van der Waals surface area contributed by atoms with Crippen LogP contribution in [0.1, 0.15) is 20.3 Å². The molecule has 0 aliphatic heterocycles. The summed E-state index contributed by atoms with van der Waals surface area (Å²) in [5, 5.41) is 0. The quantitative estimate of drug-likeness (QED) is 0.474. The van der Waals surface area contributed by atoms with Crippen LogP contribution in [0.25, 0.3) is 0 Å². The first-order valence-electron chi connectivity index (χ1n) is 2.37. The molecule has 0 aromatic heterocycles. The van der Waals surface area contributed by atoms with Gasteiger partial charge in [0.25, 0.3) is 0 Å². The first-order valence-corrected chi connectivity index (χ1v) is 2.90. The molecule has 0 radical (unpaired) electrons. The second kappa shape index (κ2) is 3.48. The van der Waals surface area contributed by atoms with Gasteiger partial charge in [-0.25, -0.2) is 0 Å². The Morgan fingerprint density at radius 2 is 2.17 bits per heavy atom. The molecule has 0 aromatic rings.